The molecule has 0 radical (unpaired) electrons. The summed E-state index contributed by atoms with van der Waals surface area (Å²) < 4.78 is 17.1. The van der Waals surface area contributed by atoms with Crippen molar-refractivity contribution in [3.05, 3.63) is 79.1 Å². The number of carbonyl (C=O) groups excluding carboxylic acids is 1. The minimum absolute atomic E-state index is 0.0116. The number of rotatable bonds is 6. The average molecular weight is 441 g/mol. The second-order valence-electron chi connectivity index (χ2n) is 7.67. The number of carbonyl (C=O) groups is 1. The summed E-state index contributed by atoms with van der Waals surface area (Å²) in [5, 5.41) is 0.966. The van der Waals surface area contributed by atoms with Gasteiger partial charge < -0.3 is 19.1 Å². The molecule has 7 nitrogen and oxygen atoms in total. The van der Waals surface area contributed by atoms with E-state index in [1.54, 1.807) is 24.4 Å². The molecular weight excluding hydrogens is 418 g/mol. The normalized spacial score (nSPS) is 16.1. The summed E-state index contributed by atoms with van der Waals surface area (Å²) in [5.41, 5.74) is 3.45. The number of anilines is 1. The molecule has 5 rings (SSSR count). The molecule has 1 unspecified atom stereocenters. The van der Waals surface area contributed by atoms with Crippen LogP contribution in [-0.4, -0.2) is 48.8 Å². The standard InChI is InChI=1S/C26H23N3O4/c1-31-19-10-8-18(9-11-19)29-15-20(32-17-25(29)30)16-33-24-7-4-5-22-21(12-14-28-26(22)24)23-6-2-3-13-27-23/h2-14,20H,15-17H2,1H3. The summed E-state index contributed by atoms with van der Waals surface area (Å²) in [5.74, 6) is 1.33. The maximum absolute atomic E-state index is 12.4. The van der Waals surface area contributed by atoms with E-state index in [9.17, 15) is 4.79 Å². The van der Waals surface area contributed by atoms with E-state index in [-0.39, 0.29) is 18.6 Å². The molecule has 0 spiro atoms. The van der Waals surface area contributed by atoms with Gasteiger partial charge >= 0.3 is 0 Å². The molecule has 7 heteroatoms. The van der Waals surface area contributed by atoms with Crippen LogP contribution < -0.4 is 14.4 Å². The van der Waals surface area contributed by atoms with Gasteiger partial charge in [0.05, 0.1) is 19.3 Å². The Labute approximate surface area is 191 Å². The Hall–Kier alpha value is -3.97. The molecule has 0 saturated carbocycles. The highest BCUT2D eigenvalue weighted by atomic mass is 16.5. The van der Waals surface area contributed by atoms with Gasteiger partial charge in [-0.1, -0.05) is 18.2 Å². The van der Waals surface area contributed by atoms with Gasteiger partial charge in [-0.05, 0) is 48.5 Å². The Morgan fingerprint density at radius 1 is 1.00 bits per heavy atom. The number of amides is 1. The SMILES string of the molecule is COc1ccc(N2CC(COc3cccc4c(-c5ccccn5)ccnc34)OCC2=O)cc1. The minimum Gasteiger partial charge on any atom is -0.497 e. The molecule has 1 aliphatic rings. The molecule has 1 amide bonds. The van der Waals surface area contributed by atoms with Gasteiger partial charge in [-0.2, -0.15) is 0 Å². The maximum atomic E-state index is 12.4. The third-order valence-electron chi connectivity index (χ3n) is 5.61. The molecule has 2 aromatic heterocycles. The highest BCUT2D eigenvalue weighted by molar-refractivity contribution is 5.96. The molecule has 1 saturated heterocycles. The predicted molar refractivity (Wildman–Crippen MR) is 126 cm³/mol. The lowest BCUT2D eigenvalue weighted by Gasteiger charge is -2.32. The Morgan fingerprint density at radius 2 is 1.88 bits per heavy atom. The van der Waals surface area contributed by atoms with Crippen molar-refractivity contribution in [2.24, 2.45) is 0 Å². The number of morpholine rings is 1. The van der Waals surface area contributed by atoms with Gasteiger partial charge in [0.2, 0.25) is 0 Å². The second-order valence-corrected chi connectivity index (χ2v) is 7.67. The first-order valence-corrected chi connectivity index (χ1v) is 10.7. The van der Waals surface area contributed by atoms with Gasteiger partial charge in [-0.3, -0.25) is 14.8 Å². The number of nitrogens with zero attached hydrogens (tertiary/aromatic N) is 3. The van der Waals surface area contributed by atoms with Crippen molar-refractivity contribution < 1.29 is 19.0 Å². The Bertz CT molecular complexity index is 1260. The van der Waals surface area contributed by atoms with Crippen LogP contribution in [0.3, 0.4) is 0 Å². The number of methoxy groups -OCH3 is 1. The first-order valence-electron chi connectivity index (χ1n) is 10.7. The van der Waals surface area contributed by atoms with Crippen molar-refractivity contribution in [3.63, 3.8) is 0 Å². The fourth-order valence-corrected chi connectivity index (χ4v) is 3.93. The molecule has 33 heavy (non-hydrogen) atoms. The van der Waals surface area contributed by atoms with Gasteiger partial charge in [0.25, 0.3) is 5.91 Å². The van der Waals surface area contributed by atoms with Crippen molar-refractivity contribution in [3.8, 4) is 22.8 Å². The molecule has 1 atom stereocenters. The minimum atomic E-state index is -0.265. The van der Waals surface area contributed by atoms with Crippen LogP contribution in [0.5, 0.6) is 11.5 Å². The molecular formula is C26H23N3O4. The summed E-state index contributed by atoms with van der Waals surface area (Å²) in [4.78, 5) is 23.2. The number of hydrogen-bond donors (Lipinski definition) is 0. The molecule has 3 heterocycles. The van der Waals surface area contributed by atoms with Crippen molar-refractivity contribution in [2.45, 2.75) is 6.10 Å². The number of hydrogen-bond acceptors (Lipinski definition) is 6. The van der Waals surface area contributed by atoms with Crippen LogP contribution in [0, 0.1) is 0 Å². The van der Waals surface area contributed by atoms with Crippen LogP contribution in [0.25, 0.3) is 22.2 Å². The van der Waals surface area contributed by atoms with E-state index in [1.165, 1.54) is 0 Å². The number of pyridine rings is 2. The zero-order valence-corrected chi connectivity index (χ0v) is 18.2. The average Bonchev–Trinajstić information content (AvgIpc) is 2.88. The molecule has 0 aliphatic carbocycles. The van der Waals surface area contributed by atoms with E-state index >= 15 is 0 Å². The lowest BCUT2D eigenvalue weighted by molar-refractivity contribution is -0.130. The first kappa shape index (κ1) is 20.9. The lowest BCUT2D eigenvalue weighted by atomic mass is 10.1. The summed E-state index contributed by atoms with van der Waals surface area (Å²) in [7, 11) is 1.61. The molecule has 166 valence electrons. The van der Waals surface area contributed by atoms with Gasteiger partial charge in [0.15, 0.2) is 0 Å². The van der Waals surface area contributed by atoms with E-state index in [0.717, 1.165) is 33.6 Å². The van der Waals surface area contributed by atoms with Crippen LogP contribution in [0.4, 0.5) is 5.69 Å². The Balaban J connectivity index is 1.34. The number of para-hydroxylation sites is 1. The molecule has 1 fully saturated rings. The third-order valence-corrected chi connectivity index (χ3v) is 5.61. The highest BCUT2D eigenvalue weighted by Gasteiger charge is 2.28. The van der Waals surface area contributed by atoms with E-state index in [2.05, 4.69) is 9.97 Å². The Morgan fingerprint density at radius 3 is 2.67 bits per heavy atom. The summed E-state index contributed by atoms with van der Waals surface area (Å²) >= 11 is 0. The van der Waals surface area contributed by atoms with Gasteiger partial charge in [-0.15, -0.1) is 0 Å². The monoisotopic (exact) mass is 441 g/mol. The highest BCUT2D eigenvalue weighted by Crippen LogP contribution is 2.31. The van der Waals surface area contributed by atoms with Crippen molar-refractivity contribution in [1.29, 1.82) is 0 Å². The molecule has 4 aromatic rings. The Kier molecular flexibility index (Phi) is 5.87. The van der Waals surface area contributed by atoms with Crippen LogP contribution >= 0.6 is 0 Å². The largest absolute Gasteiger partial charge is 0.497 e. The van der Waals surface area contributed by atoms with Crippen LogP contribution in [0.2, 0.25) is 0 Å². The molecule has 1 aliphatic heterocycles. The van der Waals surface area contributed by atoms with Crippen molar-refractivity contribution >= 4 is 22.5 Å². The molecule has 2 aromatic carbocycles. The van der Waals surface area contributed by atoms with E-state index in [1.807, 2.05) is 66.7 Å². The number of ether oxygens (including phenoxy) is 3. The quantitative estimate of drug-likeness (QED) is 0.448. The van der Waals surface area contributed by atoms with Crippen molar-refractivity contribution in [2.75, 3.05) is 31.8 Å². The first-order chi connectivity index (χ1) is 16.2. The number of fused-ring (bicyclic) bond motifs is 1. The third kappa shape index (κ3) is 4.36. The molecule has 0 bridgehead atoms. The summed E-state index contributed by atoms with van der Waals surface area (Å²) in [6.45, 7) is 0.717. The van der Waals surface area contributed by atoms with E-state index in [4.69, 9.17) is 14.2 Å². The topological polar surface area (TPSA) is 73.8 Å². The van der Waals surface area contributed by atoms with E-state index < -0.39 is 0 Å². The van der Waals surface area contributed by atoms with Gasteiger partial charge in [0.1, 0.15) is 36.3 Å². The number of benzene rings is 2. The van der Waals surface area contributed by atoms with Crippen LogP contribution in [-0.2, 0) is 9.53 Å². The number of aromatic nitrogens is 2. The lowest BCUT2D eigenvalue weighted by Crippen LogP contribution is -2.48. The summed E-state index contributed by atoms with van der Waals surface area (Å²) in [6, 6.07) is 21.1. The van der Waals surface area contributed by atoms with E-state index in [0.29, 0.717) is 18.9 Å². The smallest absolute Gasteiger partial charge is 0.253 e. The van der Waals surface area contributed by atoms with Gasteiger partial charge in [0, 0.05) is 29.0 Å². The van der Waals surface area contributed by atoms with Crippen LogP contribution in [0.1, 0.15) is 0 Å². The fraction of sp³-hybridized carbons (Fsp3) is 0.192. The zero-order valence-electron chi connectivity index (χ0n) is 18.2. The predicted octanol–water partition coefficient (Wildman–Crippen LogP) is 4.12. The summed E-state index contributed by atoms with van der Waals surface area (Å²) in [6.07, 6.45) is 3.28. The van der Waals surface area contributed by atoms with Crippen LogP contribution in [0.15, 0.2) is 79.1 Å². The zero-order chi connectivity index (χ0) is 22.6. The van der Waals surface area contributed by atoms with Gasteiger partial charge in [-0.25, -0.2) is 0 Å². The molecule has 0 N–H and O–H groups in total. The maximum Gasteiger partial charge on any atom is 0.253 e. The second kappa shape index (κ2) is 9.26. The van der Waals surface area contributed by atoms with Crippen molar-refractivity contribution in [1.82, 2.24) is 9.97 Å². The fourth-order valence-electron chi connectivity index (χ4n) is 3.93.